The first kappa shape index (κ1) is 26.4. The number of likely N-dealkylation sites (N-methyl/N-ethyl adjacent to an activating group) is 1. The van der Waals surface area contributed by atoms with E-state index in [1.165, 1.54) is 53.5 Å². The van der Waals surface area contributed by atoms with Gasteiger partial charge in [-0.25, -0.2) is 0 Å². The fourth-order valence-corrected chi connectivity index (χ4v) is 6.21. The van der Waals surface area contributed by atoms with Crippen molar-refractivity contribution >= 4 is 29.0 Å². The van der Waals surface area contributed by atoms with Crippen molar-refractivity contribution in [2.75, 3.05) is 38.1 Å². The van der Waals surface area contributed by atoms with Crippen LogP contribution in [0.2, 0.25) is 0 Å². The molecule has 1 N–H and O–H groups in total. The van der Waals surface area contributed by atoms with Crippen LogP contribution in [0, 0.1) is 5.92 Å². The van der Waals surface area contributed by atoms with Gasteiger partial charge in [-0.3, -0.25) is 4.79 Å². The Morgan fingerprint density at radius 2 is 1.73 bits per heavy atom. The number of rotatable bonds is 7. The van der Waals surface area contributed by atoms with Gasteiger partial charge in [-0.2, -0.15) is 0 Å². The molecule has 2 aromatic carbocycles. The number of hydrogen-bond donors (Lipinski definition) is 1. The second kappa shape index (κ2) is 11.5. The highest BCUT2D eigenvalue weighted by atomic mass is 127. The molecule has 1 amide bonds. The molecule has 1 fully saturated rings. The highest BCUT2D eigenvalue weighted by Crippen LogP contribution is 2.49. The van der Waals surface area contributed by atoms with E-state index in [2.05, 4.69) is 74.4 Å². The minimum Gasteiger partial charge on any atom is -1.00 e. The van der Waals surface area contributed by atoms with Gasteiger partial charge in [0.25, 0.3) is 5.91 Å². The third-order valence-electron chi connectivity index (χ3n) is 6.87. The zero-order chi connectivity index (χ0) is 22.7. The number of para-hydroxylation sites is 1. The molecule has 2 heterocycles. The second-order valence-corrected chi connectivity index (χ2v) is 11.3. The molecule has 33 heavy (non-hydrogen) atoms. The molecule has 0 aromatic heterocycles. The van der Waals surface area contributed by atoms with E-state index in [9.17, 15) is 4.79 Å². The summed E-state index contributed by atoms with van der Waals surface area (Å²) >= 11 is 1.81. The Morgan fingerprint density at radius 3 is 2.45 bits per heavy atom. The molecule has 0 aliphatic carbocycles. The highest BCUT2D eigenvalue weighted by molar-refractivity contribution is 7.99. The summed E-state index contributed by atoms with van der Waals surface area (Å²) in [5.41, 5.74) is 3.18. The molecule has 0 bridgehead atoms. The van der Waals surface area contributed by atoms with Gasteiger partial charge in [-0.1, -0.05) is 37.7 Å². The molecule has 1 atom stereocenters. The van der Waals surface area contributed by atoms with E-state index in [0.717, 1.165) is 29.6 Å². The quantitative estimate of drug-likeness (QED) is 0.405. The lowest BCUT2D eigenvalue weighted by Crippen LogP contribution is -3.00. The van der Waals surface area contributed by atoms with Crippen molar-refractivity contribution in [1.82, 2.24) is 5.32 Å². The van der Waals surface area contributed by atoms with Crippen LogP contribution in [0.3, 0.4) is 0 Å². The van der Waals surface area contributed by atoms with Crippen LogP contribution >= 0.6 is 11.8 Å². The Labute approximate surface area is 221 Å². The van der Waals surface area contributed by atoms with E-state index < -0.39 is 0 Å². The van der Waals surface area contributed by atoms with Crippen molar-refractivity contribution in [2.45, 2.75) is 62.3 Å². The number of nitrogens with zero attached hydrogens (tertiary/aromatic N) is 2. The van der Waals surface area contributed by atoms with Gasteiger partial charge < -0.3 is 38.7 Å². The zero-order valence-electron chi connectivity index (χ0n) is 20.4. The maximum Gasteiger partial charge on any atom is 0.251 e. The number of carbonyl (C=O) groups excluding carboxylic acids is 1. The number of halogens is 1. The third-order valence-corrected chi connectivity index (χ3v) is 8.00. The van der Waals surface area contributed by atoms with Crippen LogP contribution in [-0.2, 0) is 0 Å². The summed E-state index contributed by atoms with van der Waals surface area (Å²) in [6.45, 7) is 11.1. The summed E-state index contributed by atoms with van der Waals surface area (Å²) in [4.78, 5) is 17.9. The maximum atomic E-state index is 12.9. The number of fused-ring (bicyclic) bond motifs is 2. The summed E-state index contributed by atoms with van der Waals surface area (Å²) in [5.74, 6) is 0.613. The van der Waals surface area contributed by atoms with Crippen LogP contribution in [0.25, 0.3) is 0 Å². The number of carbonyl (C=O) groups is 1. The first-order chi connectivity index (χ1) is 15.4. The van der Waals surface area contributed by atoms with E-state index in [0.29, 0.717) is 12.0 Å². The van der Waals surface area contributed by atoms with Crippen LogP contribution < -0.4 is 34.2 Å². The molecule has 4 nitrogen and oxygen atoms in total. The van der Waals surface area contributed by atoms with Crippen molar-refractivity contribution in [3.63, 3.8) is 0 Å². The molecular formula is C27H38IN3OS. The Balaban J connectivity index is 0.00000306. The number of piperidine rings is 1. The van der Waals surface area contributed by atoms with Gasteiger partial charge in [0.2, 0.25) is 0 Å². The van der Waals surface area contributed by atoms with Gasteiger partial charge in [0.05, 0.1) is 44.1 Å². The van der Waals surface area contributed by atoms with Crippen LogP contribution in [0.4, 0.5) is 11.4 Å². The Morgan fingerprint density at radius 1 is 1.03 bits per heavy atom. The number of nitrogens with one attached hydrogen (secondary N) is 1. The highest BCUT2D eigenvalue weighted by Gasteiger charge is 2.33. The molecule has 0 saturated carbocycles. The molecule has 6 heteroatoms. The van der Waals surface area contributed by atoms with E-state index in [1.807, 2.05) is 17.8 Å². The number of amides is 1. The molecular weight excluding hydrogens is 541 g/mol. The summed E-state index contributed by atoms with van der Waals surface area (Å²) in [7, 11) is 2.42. The Hall–Kier alpha value is -1.25. The number of quaternary nitrogens is 1. The fourth-order valence-electron chi connectivity index (χ4n) is 5.15. The molecule has 2 aromatic rings. The van der Waals surface area contributed by atoms with E-state index >= 15 is 0 Å². The van der Waals surface area contributed by atoms with Crippen molar-refractivity contribution in [2.24, 2.45) is 5.92 Å². The Bertz CT molecular complexity index is 958. The first-order valence-corrected chi connectivity index (χ1v) is 13.0. The molecule has 4 rings (SSSR count). The summed E-state index contributed by atoms with van der Waals surface area (Å²) in [5, 5.41) is 3.10. The monoisotopic (exact) mass is 579 g/mol. The van der Waals surface area contributed by atoms with Crippen molar-refractivity contribution < 1.29 is 33.3 Å². The molecule has 1 saturated heterocycles. The van der Waals surface area contributed by atoms with E-state index in [4.69, 9.17) is 0 Å². The standard InChI is InChI=1S/C27H37N3OS.HI/c1-20(2)14-15-28-27(31)22-12-13-26-24(18-22)29(23-10-6-7-11-25(23)32-26)21(3)19-30(4)16-8-5-9-17-30;/h6-7,10-13,18,20-21H,5,8-9,14-17,19H2,1-4H3;1H/t21-;/m1./s1. The molecule has 0 unspecified atom stereocenters. The van der Waals surface area contributed by atoms with Crippen LogP contribution in [0.15, 0.2) is 52.3 Å². The maximum absolute atomic E-state index is 12.9. The summed E-state index contributed by atoms with van der Waals surface area (Å²) in [6.07, 6.45) is 5.02. The minimum absolute atomic E-state index is 0. The normalized spacial score (nSPS) is 17.5. The van der Waals surface area contributed by atoms with Gasteiger partial charge in [-0.15, -0.1) is 0 Å². The third kappa shape index (κ3) is 6.25. The fraction of sp³-hybridized carbons (Fsp3) is 0.519. The predicted molar refractivity (Wildman–Crippen MR) is 135 cm³/mol. The van der Waals surface area contributed by atoms with Crippen molar-refractivity contribution in [3.05, 3.63) is 48.0 Å². The molecule has 2 aliphatic heterocycles. The minimum atomic E-state index is 0. The molecule has 0 radical (unpaired) electrons. The van der Waals surface area contributed by atoms with Gasteiger partial charge in [0, 0.05) is 21.9 Å². The van der Waals surface area contributed by atoms with Gasteiger partial charge in [-0.05, 0) is 68.9 Å². The van der Waals surface area contributed by atoms with Crippen LogP contribution in [-0.4, -0.2) is 49.7 Å². The predicted octanol–water partition coefficient (Wildman–Crippen LogP) is 3.09. The lowest BCUT2D eigenvalue weighted by Gasteiger charge is -2.44. The summed E-state index contributed by atoms with van der Waals surface area (Å²) < 4.78 is 1.14. The largest absolute Gasteiger partial charge is 1.00 e. The molecule has 2 aliphatic rings. The van der Waals surface area contributed by atoms with Crippen LogP contribution in [0.5, 0.6) is 0 Å². The molecule has 0 spiro atoms. The number of hydrogen-bond acceptors (Lipinski definition) is 3. The van der Waals surface area contributed by atoms with Crippen molar-refractivity contribution in [3.8, 4) is 0 Å². The van der Waals surface area contributed by atoms with E-state index in [-0.39, 0.29) is 29.9 Å². The van der Waals surface area contributed by atoms with Crippen molar-refractivity contribution in [1.29, 1.82) is 0 Å². The smallest absolute Gasteiger partial charge is 0.251 e. The lowest BCUT2D eigenvalue weighted by atomic mass is 10.1. The number of likely N-dealkylation sites (tertiary alicyclic amines) is 1. The lowest BCUT2D eigenvalue weighted by molar-refractivity contribution is -0.914. The zero-order valence-corrected chi connectivity index (χ0v) is 23.4. The number of anilines is 2. The van der Waals surface area contributed by atoms with Gasteiger partial charge >= 0.3 is 0 Å². The Kier molecular flexibility index (Phi) is 9.15. The van der Waals surface area contributed by atoms with Gasteiger partial charge in [0.15, 0.2) is 0 Å². The number of benzene rings is 2. The van der Waals surface area contributed by atoms with Crippen LogP contribution in [0.1, 0.15) is 56.8 Å². The average Bonchev–Trinajstić information content (AvgIpc) is 2.76. The van der Waals surface area contributed by atoms with Gasteiger partial charge in [0.1, 0.15) is 0 Å². The second-order valence-electron chi connectivity index (χ2n) is 10.2. The average molecular weight is 580 g/mol. The SMILES string of the molecule is CC(C)CCNC(=O)c1ccc2c(c1)N([C@H](C)C[N+]1(C)CCCCC1)c1ccccc1S2.[I-]. The summed E-state index contributed by atoms with van der Waals surface area (Å²) in [6, 6.07) is 15.3. The van der Waals surface area contributed by atoms with E-state index in [1.54, 1.807) is 0 Å². The topological polar surface area (TPSA) is 32.3 Å². The molecule has 180 valence electrons. The first-order valence-electron chi connectivity index (χ1n) is 12.2.